The minimum Gasteiger partial charge on any atom is -0.390 e. The van der Waals surface area contributed by atoms with Crippen LogP contribution in [0.25, 0.3) is 0 Å². The summed E-state index contributed by atoms with van der Waals surface area (Å²) < 4.78 is 0. The van der Waals surface area contributed by atoms with E-state index in [0.29, 0.717) is 6.42 Å². The average molecular weight is 190 g/mol. The highest BCUT2D eigenvalue weighted by Crippen LogP contribution is 2.37. The molecule has 0 radical (unpaired) electrons. The van der Waals surface area contributed by atoms with E-state index in [4.69, 9.17) is 0 Å². The van der Waals surface area contributed by atoms with Crippen LogP contribution >= 0.6 is 0 Å². The summed E-state index contributed by atoms with van der Waals surface area (Å²) >= 11 is 0. The van der Waals surface area contributed by atoms with E-state index in [0.717, 1.165) is 11.1 Å². The van der Waals surface area contributed by atoms with Gasteiger partial charge in [-0.25, -0.2) is 0 Å². The third kappa shape index (κ3) is 1.37. The summed E-state index contributed by atoms with van der Waals surface area (Å²) in [7, 11) is 0. The molecule has 3 unspecified atom stereocenters. The Labute approximate surface area is 83.5 Å². The zero-order valence-corrected chi connectivity index (χ0v) is 7.93. The molecule has 1 aromatic rings. The molecule has 14 heavy (non-hydrogen) atoms. The Morgan fingerprint density at radius 2 is 1.86 bits per heavy atom. The lowest BCUT2D eigenvalue weighted by atomic mass is 9.80. The van der Waals surface area contributed by atoms with Gasteiger partial charge in [-0.15, -0.1) is 6.58 Å². The van der Waals surface area contributed by atoms with Crippen molar-refractivity contribution in [1.29, 1.82) is 0 Å². The minimum atomic E-state index is -0.748. The van der Waals surface area contributed by atoms with E-state index in [1.165, 1.54) is 0 Å². The van der Waals surface area contributed by atoms with Gasteiger partial charge in [0.1, 0.15) is 6.10 Å². The molecule has 0 amide bonds. The number of aliphatic hydroxyl groups is 2. The summed E-state index contributed by atoms with van der Waals surface area (Å²) in [6, 6.07) is 7.66. The van der Waals surface area contributed by atoms with Gasteiger partial charge in [0.05, 0.1) is 6.10 Å². The molecule has 0 saturated carbocycles. The van der Waals surface area contributed by atoms with E-state index in [-0.39, 0.29) is 5.92 Å². The molecule has 0 heterocycles. The molecule has 0 bridgehead atoms. The van der Waals surface area contributed by atoms with Crippen LogP contribution in [0.4, 0.5) is 0 Å². The molecular weight excluding hydrogens is 176 g/mol. The molecular formula is C12H14O2. The fourth-order valence-electron chi connectivity index (χ4n) is 2.06. The van der Waals surface area contributed by atoms with Crippen molar-refractivity contribution >= 4 is 0 Å². The standard InChI is InChI=1S/C12H14O2/c1-2-8-7-11(13)12(14)10-6-4-3-5-9(8)10/h2-6,8,11-14H,1,7H2. The second kappa shape index (κ2) is 3.56. The van der Waals surface area contributed by atoms with Crippen LogP contribution in [0.2, 0.25) is 0 Å². The van der Waals surface area contributed by atoms with Gasteiger partial charge in [-0.2, -0.15) is 0 Å². The van der Waals surface area contributed by atoms with Crippen molar-refractivity contribution in [3.8, 4) is 0 Å². The summed E-state index contributed by atoms with van der Waals surface area (Å²) in [4.78, 5) is 0. The van der Waals surface area contributed by atoms with E-state index < -0.39 is 12.2 Å². The van der Waals surface area contributed by atoms with Crippen molar-refractivity contribution in [1.82, 2.24) is 0 Å². The first-order valence-electron chi connectivity index (χ1n) is 4.81. The molecule has 0 saturated heterocycles. The lowest BCUT2D eigenvalue weighted by Gasteiger charge is -2.31. The number of aliphatic hydroxyl groups excluding tert-OH is 2. The summed E-state index contributed by atoms with van der Waals surface area (Å²) in [5.41, 5.74) is 1.91. The normalized spacial score (nSPS) is 30.9. The highest BCUT2D eigenvalue weighted by Gasteiger charge is 2.30. The molecule has 1 aliphatic rings. The van der Waals surface area contributed by atoms with Gasteiger partial charge < -0.3 is 10.2 Å². The van der Waals surface area contributed by atoms with Crippen LogP contribution in [0.1, 0.15) is 29.6 Å². The van der Waals surface area contributed by atoms with E-state index in [2.05, 4.69) is 6.58 Å². The minimum absolute atomic E-state index is 0.157. The molecule has 2 rings (SSSR count). The quantitative estimate of drug-likeness (QED) is 0.662. The van der Waals surface area contributed by atoms with Gasteiger partial charge in [0.2, 0.25) is 0 Å². The van der Waals surface area contributed by atoms with E-state index in [1.54, 1.807) is 0 Å². The highest BCUT2D eigenvalue weighted by molar-refractivity contribution is 5.37. The second-order valence-corrected chi connectivity index (χ2v) is 3.72. The maximum atomic E-state index is 9.76. The molecule has 2 heteroatoms. The van der Waals surface area contributed by atoms with Gasteiger partial charge in [-0.05, 0) is 17.5 Å². The van der Waals surface area contributed by atoms with Crippen molar-refractivity contribution < 1.29 is 10.2 Å². The monoisotopic (exact) mass is 190 g/mol. The number of fused-ring (bicyclic) bond motifs is 1. The number of rotatable bonds is 1. The Balaban J connectivity index is 2.49. The molecule has 0 aliphatic heterocycles. The molecule has 0 fully saturated rings. The molecule has 0 aromatic heterocycles. The first-order valence-corrected chi connectivity index (χ1v) is 4.81. The van der Waals surface area contributed by atoms with Crippen LogP contribution in [-0.4, -0.2) is 16.3 Å². The molecule has 2 nitrogen and oxygen atoms in total. The second-order valence-electron chi connectivity index (χ2n) is 3.72. The van der Waals surface area contributed by atoms with E-state index in [9.17, 15) is 10.2 Å². The van der Waals surface area contributed by atoms with Crippen LogP contribution in [0.3, 0.4) is 0 Å². The molecule has 2 N–H and O–H groups in total. The van der Waals surface area contributed by atoms with Gasteiger partial charge in [-0.1, -0.05) is 30.3 Å². The predicted molar refractivity (Wildman–Crippen MR) is 55.0 cm³/mol. The lowest BCUT2D eigenvalue weighted by Crippen LogP contribution is -2.27. The van der Waals surface area contributed by atoms with Gasteiger partial charge in [0.25, 0.3) is 0 Å². The fourth-order valence-corrected chi connectivity index (χ4v) is 2.06. The number of hydrogen-bond acceptors (Lipinski definition) is 2. The third-order valence-corrected chi connectivity index (χ3v) is 2.86. The van der Waals surface area contributed by atoms with Crippen LogP contribution in [0.15, 0.2) is 36.9 Å². The van der Waals surface area contributed by atoms with E-state index >= 15 is 0 Å². The first kappa shape index (κ1) is 9.44. The molecule has 1 aliphatic carbocycles. The Morgan fingerprint density at radius 1 is 1.21 bits per heavy atom. The van der Waals surface area contributed by atoms with Crippen LogP contribution < -0.4 is 0 Å². The van der Waals surface area contributed by atoms with Gasteiger partial charge in [0.15, 0.2) is 0 Å². The Bertz CT molecular complexity index is 346. The maximum absolute atomic E-state index is 9.76. The average Bonchev–Trinajstić information content (AvgIpc) is 2.23. The zero-order valence-electron chi connectivity index (χ0n) is 7.93. The topological polar surface area (TPSA) is 40.5 Å². The summed E-state index contributed by atoms with van der Waals surface area (Å²) in [6.45, 7) is 3.75. The van der Waals surface area contributed by atoms with E-state index in [1.807, 2.05) is 30.3 Å². The third-order valence-electron chi connectivity index (χ3n) is 2.86. The van der Waals surface area contributed by atoms with Crippen molar-refractivity contribution in [2.75, 3.05) is 0 Å². The Morgan fingerprint density at radius 3 is 2.50 bits per heavy atom. The summed E-state index contributed by atoms with van der Waals surface area (Å²) in [5.74, 6) is 0.157. The zero-order chi connectivity index (χ0) is 10.1. The SMILES string of the molecule is C=CC1CC(O)C(O)c2ccccc21. The Kier molecular flexibility index (Phi) is 2.40. The van der Waals surface area contributed by atoms with Crippen molar-refractivity contribution in [3.63, 3.8) is 0 Å². The maximum Gasteiger partial charge on any atom is 0.105 e. The summed E-state index contributed by atoms with van der Waals surface area (Å²) in [5, 5.41) is 19.4. The van der Waals surface area contributed by atoms with Gasteiger partial charge >= 0.3 is 0 Å². The van der Waals surface area contributed by atoms with Crippen LogP contribution in [0.5, 0.6) is 0 Å². The van der Waals surface area contributed by atoms with Crippen LogP contribution in [0, 0.1) is 0 Å². The number of hydrogen-bond donors (Lipinski definition) is 2. The first-order chi connectivity index (χ1) is 6.74. The van der Waals surface area contributed by atoms with Crippen molar-refractivity contribution in [2.24, 2.45) is 0 Å². The molecule has 3 atom stereocenters. The smallest absolute Gasteiger partial charge is 0.105 e. The highest BCUT2D eigenvalue weighted by atomic mass is 16.3. The molecule has 74 valence electrons. The van der Waals surface area contributed by atoms with Crippen LogP contribution in [-0.2, 0) is 0 Å². The predicted octanol–water partition coefficient (Wildman–Crippen LogP) is 1.75. The lowest BCUT2D eigenvalue weighted by molar-refractivity contribution is 0.00338. The largest absolute Gasteiger partial charge is 0.390 e. The molecule has 1 aromatic carbocycles. The van der Waals surface area contributed by atoms with Gasteiger partial charge in [0, 0.05) is 5.92 Å². The number of allylic oxidation sites excluding steroid dienone is 1. The van der Waals surface area contributed by atoms with Crippen molar-refractivity contribution in [3.05, 3.63) is 48.0 Å². The number of benzene rings is 1. The Hall–Kier alpha value is -1.12. The van der Waals surface area contributed by atoms with Crippen molar-refractivity contribution in [2.45, 2.75) is 24.5 Å². The summed E-state index contributed by atoms with van der Waals surface area (Å²) in [6.07, 6.45) is 0.964. The van der Waals surface area contributed by atoms with Gasteiger partial charge in [-0.3, -0.25) is 0 Å². The fraction of sp³-hybridized carbons (Fsp3) is 0.333. The molecule has 0 spiro atoms.